The Balaban J connectivity index is 1.91. The van der Waals surface area contributed by atoms with Gasteiger partial charge in [-0.25, -0.2) is 0 Å². The molecule has 4 nitrogen and oxygen atoms in total. The van der Waals surface area contributed by atoms with Crippen molar-refractivity contribution in [2.24, 2.45) is 7.05 Å². The number of nitrogens with zero attached hydrogens (tertiary/aromatic N) is 2. The van der Waals surface area contributed by atoms with E-state index in [1.54, 1.807) is 0 Å². The van der Waals surface area contributed by atoms with Gasteiger partial charge in [-0.05, 0) is 45.6 Å². The van der Waals surface area contributed by atoms with Gasteiger partial charge in [-0.15, -0.1) is 0 Å². The molecule has 0 aromatic carbocycles. The summed E-state index contributed by atoms with van der Waals surface area (Å²) in [7, 11) is 1.97. The molecule has 5 heteroatoms. The first-order chi connectivity index (χ1) is 10.1. The second-order valence-electron chi connectivity index (χ2n) is 5.99. The first kappa shape index (κ1) is 16.8. The summed E-state index contributed by atoms with van der Waals surface area (Å²) in [4.78, 5) is 0. The van der Waals surface area contributed by atoms with E-state index in [4.69, 9.17) is 16.3 Å². The van der Waals surface area contributed by atoms with E-state index in [1.807, 2.05) is 18.7 Å². The summed E-state index contributed by atoms with van der Waals surface area (Å²) in [5, 5.41) is 8.80. The molecule has 0 radical (unpaired) electrons. The van der Waals surface area contributed by atoms with Gasteiger partial charge in [-0.2, -0.15) is 5.10 Å². The largest absolute Gasteiger partial charge is 0.378 e. The van der Waals surface area contributed by atoms with Crippen molar-refractivity contribution < 1.29 is 4.74 Å². The van der Waals surface area contributed by atoms with Crippen LogP contribution >= 0.6 is 11.6 Å². The Kier molecular flexibility index (Phi) is 6.52. The van der Waals surface area contributed by atoms with Gasteiger partial charge in [0.15, 0.2) is 0 Å². The third kappa shape index (κ3) is 4.70. The zero-order chi connectivity index (χ0) is 15.2. The van der Waals surface area contributed by atoms with Crippen LogP contribution in [0.2, 0.25) is 5.02 Å². The molecule has 120 valence electrons. The van der Waals surface area contributed by atoms with Gasteiger partial charge in [0, 0.05) is 26.1 Å². The molecule has 0 saturated carbocycles. The van der Waals surface area contributed by atoms with Crippen LogP contribution < -0.4 is 5.32 Å². The van der Waals surface area contributed by atoms with Crippen LogP contribution in [0.4, 0.5) is 0 Å². The highest BCUT2D eigenvalue weighted by atomic mass is 35.5. The Hall–Kier alpha value is -0.580. The van der Waals surface area contributed by atoms with Gasteiger partial charge < -0.3 is 10.1 Å². The number of nitrogens with one attached hydrogen (secondary N) is 1. The fourth-order valence-corrected chi connectivity index (χ4v) is 3.36. The molecule has 1 aromatic heterocycles. The summed E-state index contributed by atoms with van der Waals surface area (Å²) in [5.41, 5.74) is 2.05. The molecule has 0 bridgehead atoms. The van der Waals surface area contributed by atoms with Crippen molar-refractivity contribution in [1.29, 1.82) is 0 Å². The van der Waals surface area contributed by atoms with Crippen LogP contribution in [-0.4, -0.2) is 35.1 Å². The van der Waals surface area contributed by atoms with Crippen molar-refractivity contribution in [1.82, 2.24) is 15.1 Å². The molecular weight excluding hydrogens is 286 g/mol. The Morgan fingerprint density at radius 3 is 2.86 bits per heavy atom. The maximum atomic E-state index is 6.37. The third-order valence-electron chi connectivity index (χ3n) is 4.31. The molecule has 1 aliphatic rings. The minimum Gasteiger partial charge on any atom is -0.378 e. The quantitative estimate of drug-likeness (QED) is 0.840. The summed E-state index contributed by atoms with van der Waals surface area (Å²) in [6, 6.07) is 0.438. The number of aryl methyl sites for hydroxylation is 2. The average Bonchev–Trinajstić information content (AvgIpc) is 2.72. The molecule has 1 saturated heterocycles. The van der Waals surface area contributed by atoms with Crippen LogP contribution in [0.5, 0.6) is 0 Å². The van der Waals surface area contributed by atoms with Gasteiger partial charge in [0.05, 0.1) is 22.5 Å². The SMILES string of the molecule is CCNC(CCC1CCCCO1)Cc1c(Cl)c(C)nn1C. The number of likely N-dealkylation sites (N-methyl/N-ethyl adjacent to an activating group) is 1. The second kappa shape index (κ2) is 8.16. The van der Waals surface area contributed by atoms with E-state index in [0.29, 0.717) is 12.1 Å². The number of hydrogen-bond acceptors (Lipinski definition) is 3. The highest BCUT2D eigenvalue weighted by Crippen LogP contribution is 2.23. The fourth-order valence-electron chi connectivity index (χ4n) is 3.12. The Morgan fingerprint density at radius 2 is 2.29 bits per heavy atom. The molecule has 1 fully saturated rings. The molecule has 0 aliphatic carbocycles. The van der Waals surface area contributed by atoms with E-state index in [2.05, 4.69) is 17.3 Å². The van der Waals surface area contributed by atoms with Crippen molar-refractivity contribution in [3.63, 3.8) is 0 Å². The zero-order valence-electron chi connectivity index (χ0n) is 13.5. The predicted octanol–water partition coefficient (Wildman–Crippen LogP) is 3.25. The summed E-state index contributed by atoms with van der Waals surface area (Å²) in [6.07, 6.45) is 7.37. The van der Waals surface area contributed by atoms with Gasteiger partial charge in [0.2, 0.25) is 0 Å². The molecule has 2 rings (SSSR count). The van der Waals surface area contributed by atoms with E-state index in [-0.39, 0.29) is 0 Å². The number of hydrogen-bond donors (Lipinski definition) is 1. The smallest absolute Gasteiger partial charge is 0.0847 e. The summed E-state index contributed by atoms with van der Waals surface area (Å²) >= 11 is 6.37. The fraction of sp³-hybridized carbons (Fsp3) is 0.812. The molecule has 21 heavy (non-hydrogen) atoms. The van der Waals surface area contributed by atoms with Crippen molar-refractivity contribution in [2.75, 3.05) is 13.2 Å². The lowest BCUT2D eigenvalue weighted by atomic mass is 9.99. The maximum absolute atomic E-state index is 6.37. The average molecular weight is 314 g/mol. The summed E-state index contributed by atoms with van der Waals surface area (Å²) < 4.78 is 7.75. The van der Waals surface area contributed by atoms with Gasteiger partial charge >= 0.3 is 0 Å². The molecule has 2 atom stereocenters. The summed E-state index contributed by atoms with van der Waals surface area (Å²) in [5.74, 6) is 0. The van der Waals surface area contributed by atoms with E-state index >= 15 is 0 Å². The number of halogens is 1. The van der Waals surface area contributed by atoms with Gasteiger partial charge in [-0.3, -0.25) is 4.68 Å². The molecule has 2 unspecified atom stereocenters. The predicted molar refractivity (Wildman–Crippen MR) is 86.9 cm³/mol. The highest BCUT2D eigenvalue weighted by Gasteiger charge is 2.19. The molecule has 0 spiro atoms. The van der Waals surface area contributed by atoms with E-state index in [1.165, 1.54) is 19.3 Å². The van der Waals surface area contributed by atoms with Crippen molar-refractivity contribution >= 4 is 11.6 Å². The summed E-state index contributed by atoms with van der Waals surface area (Å²) in [6.45, 7) is 6.03. The van der Waals surface area contributed by atoms with Gasteiger partial charge in [-0.1, -0.05) is 18.5 Å². The minimum atomic E-state index is 0.438. The third-order valence-corrected chi connectivity index (χ3v) is 4.80. The number of aromatic nitrogens is 2. The Morgan fingerprint density at radius 1 is 1.48 bits per heavy atom. The van der Waals surface area contributed by atoms with Crippen molar-refractivity contribution in [2.45, 2.75) is 64.5 Å². The molecule has 1 aliphatic heterocycles. The van der Waals surface area contributed by atoms with Crippen LogP contribution in [0, 0.1) is 6.92 Å². The van der Waals surface area contributed by atoms with Crippen LogP contribution in [0.3, 0.4) is 0 Å². The van der Waals surface area contributed by atoms with Gasteiger partial charge in [0.25, 0.3) is 0 Å². The van der Waals surface area contributed by atoms with E-state index in [0.717, 1.165) is 48.8 Å². The second-order valence-corrected chi connectivity index (χ2v) is 6.37. The monoisotopic (exact) mass is 313 g/mol. The molecule has 2 heterocycles. The Labute approximate surface area is 133 Å². The van der Waals surface area contributed by atoms with Crippen LogP contribution in [0.15, 0.2) is 0 Å². The minimum absolute atomic E-state index is 0.438. The number of rotatable bonds is 7. The standard InChI is InChI=1S/C16H28ClN3O/c1-4-18-13(8-9-14-7-5-6-10-21-14)11-15-16(17)12(2)19-20(15)3/h13-14,18H,4-11H2,1-3H3. The topological polar surface area (TPSA) is 39.1 Å². The van der Waals surface area contributed by atoms with Crippen molar-refractivity contribution in [3.05, 3.63) is 16.4 Å². The first-order valence-electron chi connectivity index (χ1n) is 8.14. The van der Waals surface area contributed by atoms with E-state index in [9.17, 15) is 0 Å². The van der Waals surface area contributed by atoms with Crippen LogP contribution in [0.25, 0.3) is 0 Å². The highest BCUT2D eigenvalue weighted by molar-refractivity contribution is 6.31. The molecule has 1 N–H and O–H groups in total. The molecule has 1 aromatic rings. The first-order valence-corrected chi connectivity index (χ1v) is 8.52. The zero-order valence-corrected chi connectivity index (χ0v) is 14.2. The lowest BCUT2D eigenvalue weighted by Crippen LogP contribution is -2.33. The number of ether oxygens (including phenoxy) is 1. The van der Waals surface area contributed by atoms with Gasteiger partial charge in [0.1, 0.15) is 0 Å². The van der Waals surface area contributed by atoms with Crippen LogP contribution in [0.1, 0.15) is 50.4 Å². The van der Waals surface area contributed by atoms with E-state index < -0.39 is 0 Å². The Bertz CT molecular complexity index is 441. The lowest BCUT2D eigenvalue weighted by molar-refractivity contribution is 0.00858. The molecule has 0 amide bonds. The molecular formula is C16H28ClN3O. The van der Waals surface area contributed by atoms with Crippen molar-refractivity contribution in [3.8, 4) is 0 Å². The lowest BCUT2D eigenvalue weighted by Gasteiger charge is -2.25. The maximum Gasteiger partial charge on any atom is 0.0847 e. The van der Waals surface area contributed by atoms with Crippen LogP contribution in [-0.2, 0) is 18.2 Å². The normalized spacial score (nSPS) is 20.7.